The number of nitrogens with zero attached hydrogens (tertiary/aromatic N) is 2. The van der Waals surface area contributed by atoms with Crippen molar-refractivity contribution >= 4 is 16.6 Å². The molecule has 0 fully saturated rings. The van der Waals surface area contributed by atoms with E-state index < -0.39 is 0 Å². The number of ether oxygens (including phenoxy) is 1. The van der Waals surface area contributed by atoms with Gasteiger partial charge in [-0.25, -0.2) is 0 Å². The Labute approximate surface area is 149 Å². The quantitative estimate of drug-likeness (QED) is 0.553. The first kappa shape index (κ1) is 15.8. The van der Waals surface area contributed by atoms with Crippen molar-refractivity contribution in [3.8, 4) is 22.9 Å². The van der Waals surface area contributed by atoms with Crippen molar-refractivity contribution < 1.29 is 4.74 Å². The molecule has 0 unspecified atom stereocenters. The van der Waals surface area contributed by atoms with Gasteiger partial charge in [-0.3, -0.25) is 14.8 Å². The van der Waals surface area contributed by atoms with Crippen LogP contribution in [0.5, 0.6) is 11.8 Å². The Morgan fingerprint density at radius 3 is 2.69 bits per heavy atom. The lowest BCUT2D eigenvalue weighted by Gasteiger charge is -2.12. The van der Waals surface area contributed by atoms with Gasteiger partial charge in [0.2, 0.25) is 0 Å². The highest BCUT2D eigenvalue weighted by Crippen LogP contribution is 2.35. The maximum Gasteiger partial charge on any atom is 0.302 e. The van der Waals surface area contributed by atoms with Gasteiger partial charge in [0, 0.05) is 11.8 Å². The number of hydrogen-bond donors (Lipinski definition) is 2. The third-order valence-corrected chi connectivity index (χ3v) is 4.12. The molecule has 0 saturated carbocycles. The van der Waals surface area contributed by atoms with Gasteiger partial charge in [-0.15, -0.1) is 0 Å². The zero-order valence-corrected chi connectivity index (χ0v) is 14.1. The molecule has 0 bridgehead atoms. The summed E-state index contributed by atoms with van der Waals surface area (Å²) in [6.07, 6.45) is 3.06. The summed E-state index contributed by atoms with van der Waals surface area (Å²) in [7, 11) is 0. The van der Waals surface area contributed by atoms with E-state index >= 15 is 0 Å². The maximum absolute atomic E-state index is 12.2. The molecule has 26 heavy (non-hydrogen) atoms. The fourth-order valence-corrected chi connectivity index (χ4v) is 2.74. The number of aryl methyl sites for hydroxylation is 1. The molecule has 0 amide bonds. The molecule has 0 saturated heterocycles. The highest BCUT2D eigenvalue weighted by atomic mass is 16.5. The molecule has 0 aliphatic rings. The van der Waals surface area contributed by atoms with Crippen molar-refractivity contribution in [2.45, 2.75) is 6.92 Å². The Kier molecular flexibility index (Phi) is 3.85. The van der Waals surface area contributed by atoms with Gasteiger partial charge in [0.15, 0.2) is 5.75 Å². The van der Waals surface area contributed by atoms with Gasteiger partial charge in [0.1, 0.15) is 0 Å². The number of para-hydroxylation sites is 1. The third kappa shape index (κ3) is 2.88. The van der Waals surface area contributed by atoms with E-state index in [1.807, 2.05) is 43.3 Å². The average molecular weight is 344 g/mol. The topological polar surface area (TPSA) is 93.9 Å². The molecule has 4 aromatic rings. The van der Waals surface area contributed by atoms with Crippen molar-refractivity contribution in [1.82, 2.24) is 15.0 Å². The van der Waals surface area contributed by atoms with Gasteiger partial charge in [-0.2, -0.15) is 4.98 Å². The molecule has 2 heterocycles. The second-order valence-electron chi connectivity index (χ2n) is 5.95. The van der Waals surface area contributed by atoms with Gasteiger partial charge < -0.3 is 10.5 Å². The van der Waals surface area contributed by atoms with Crippen LogP contribution in [0.3, 0.4) is 0 Å². The number of nitrogen functional groups attached to an aromatic ring is 1. The van der Waals surface area contributed by atoms with Gasteiger partial charge >= 0.3 is 6.01 Å². The zero-order chi connectivity index (χ0) is 18.1. The third-order valence-electron chi connectivity index (χ3n) is 4.12. The fourth-order valence-electron chi connectivity index (χ4n) is 2.74. The molecule has 4 rings (SSSR count). The number of rotatable bonds is 3. The molecule has 6 heteroatoms. The summed E-state index contributed by atoms with van der Waals surface area (Å²) in [4.78, 5) is 23.1. The van der Waals surface area contributed by atoms with Crippen LogP contribution in [0.2, 0.25) is 0 Å². The molecule has 2 aromatic carbocycles. The zero-order valence-electron chi connectivity index (χ0n) is 14.1. The number of aromatic nitrogens is 3. The lowest BCUT2D eigenvalue weighted by Crippen LogP contribution is -2.10. The minimum atomic E-state index is -0.291. The summed E-state index contributed by atoms with van der Waals surface area (Å²) >= 11 is 0. The summed E-state index contributed by atoms with van der Waals surface area (Å²) in [6.45, 7) is 2.03. The summed E-state index contributed by atoms with van der Waals surface area (Å²) in [5.41, 5.74) is 9.95. The van der Waals surface area contributed by atoms with Crippen LogP contribution in [0.25, 0.3) is 22.0 Å². The van der Waals surface area contributed by atoms with Crippen LogP contribution in [0, 0.1) is 6.92 Å². The molecule has 0 aliphatic carbocycles. The minimum absolute atomic E-state index is 0.0725. The number of nitrogens with two attached hydrogens (primary N) is 1. The van der Waals surface area contributed by atoms with E-state index in [0.717, 1.165) is 11.1 Å². The summed E-state index contributed by atoms with van der Waals surface area (Å²) in [6, 6.07) is 15.3. The Morgan fingerprint density at radius 2 is 1.88 bits per heavy atom. The van der Waals surface area contributed by atoms with E-state index in [-0.39, 0.29) is 11.6 Å². The molecule has 0 atom stereocenters. The largest absolute Gasteiger partial charge is 0.423 e. The molecule has 0 aliphatic heterocycles. The van der Waals surface area contributed by atoms with E-state index in [4.69, 9.17) is 10.5 Å². The number of nitrogens with one attached hydrogen (secondary N) is 1. The highest BCUT2D eigenvalue weighted by Gasteiger charge is 2.11. The van der Waals surface area contributed by atoms with E-state index in [0.29, 0.717) is 22.3 Å². The van der Waals surface area contributed by atoms with Crippen molar-refractivity contribution in [3.05, 3.63) is 76.8 Å². The molecule has 0 radical (unpaired) electrons. The number of H-pyrrole nitrogens is 1. The highest BCUT2D eigenvalue weighted by molar-refractivity contribution is 5.81. The Bertz CT molecular complexity index is 1150. The first-order chi connectivity index (χ1) is 12.6. The standard InChI is InChI=1S/C20H16N4O2/c1-12-5-7-13(8-6-12)14-3-2-4-17(18(14)21)26-20-23-16-11-22-10-9-15(16)19(25)24-20/h2-11H,21H2,1H3,(H,23,24,25). The van der Waals surface area contributed by atoms with Gasteiger partial charge in [-0.05, 0) is 24.6 Å². The molecule has 2 aromatic heterocycles. The first-order valence-corrected chi connectivity index (χ1v) is 8.09. The van der Waals surface area contributed by atoms with Crippen LogP contribution < -0.4 is 16.0 Å². The maximum atomic E-state index is 12.2. The van der Waals surface area contributed by atoms with Crippen LogP contribution >= 0.6 is 0 Å². The number of aromatic amines is 1. The van der Waals surface area contributed by atoms with E-state index in [1.165, 1.54) is 11.8 Å². The second kappa shape index (κ2) is 6.33. The van der Waals surface area contributed by atoms with Crippen LogP contribution in [-0.2, 0) is 0 Å². The minimum Gasteiger partial charge on any atom is -0.423 e. The lowest BCUT2D eigenvalue weighted by molar-refractivity contribution is 0.445. The smallest absolute Gasteiger partial charge is 0.302 e. The van der Waals surface area contributed by atoms with Crippen LogP contribution in [-0.4, -0.2) is 15.0 Å². The molecular formula is C20H16N4O2. The predicted octanol–water partition coefficient (Wildman–Crippen LogP) is 3.67. The summed E-state index contributed by atoms with van der Waals surface area (Å²) < 4.78 is 5.76. The summed E-state index contributed by atoms with van der Waals surface area (Å²) in [5.74, 6) is 0.425. The second-order valence-corrected chi connectivity index (χ2v) is 5.95. The average Bonchev–Trinajstić information content (AvgIpc) is 2.64. The van der Waals surface area contributed by atoms with Crippen molar-refractivity contribution in [2.24, 2.45) is 0 Å². The monoisotopic (exact) mass is 344 g/mol. The molecule has 3 N–H and O–H groups in total. The fraction of sp³-hybridized carbons (Fsp3) is 0.0500. The Balaban J connectivity index is 1.74. The van der Waals surface area contributed by atoms with E-state index in [9.17, 15) is 4.79 Å². The Hall–Kier alpha value is -3.67. The molecule has 128 valence electrons. The van der Waals surface area contributed by atoms with Crippen LogP contribution in [0.1, 0.15) is 5.56 Å². The van der Waals surface area contributed by atoms with Crippen LogP contribution in [0.15, 0.2) is 65.7 Å². The SMILES string of the molecule is Cc1ccc(-c2cccc(Oc3nc4cnccc4c(=O)[nH]3)c2N)cc1. The molecular weight excluding hydrogens is 328 g/mol. The van der Waals surface area contributed by atoms with Gasteiger partial charge in [-0.1, -0.05) is 42.0 Å². The van der Waals surface area contributed by atoms with E-state index in [2.05, 4.69) is 15.0 Å². The van der Waals surface area contributed by atoms with Gasteiger partial charge in [0.05, 0.1) is 22.8 Å². The number of benzene rings is 2. The number of fused-ring (bicyclic) bond motifs is 1. The molecule has 6 nitrogen and oxygen atoms in total. The summed E-state index contributed by atoms with van der Waals surface area (Å²) in [5, 5.41) is 0.453. The normalized spacial score (nSPS) is 10.8. The number of pyridine rings is 1. The van der Waals surface area contributed by atoms with Crippen LogP contribution in [0.4, 0.5) is 5.69 Å². The lowest BCUT2D eigenvalue weighted by atomic mass is 10.0. The predicted molar refractivity (Wildman–Crippen MR) is 101 cm³/mol. The molecule has 0 spiro atoms. The van der Waals surface area contributed by atoms with Crippen molar-refractivity contribution in [2.75, 3.05) is 5.73 Å². The van der Waals surface area contributed by atoms with Gasteiger partial charge in [0.25, 0.3) is 5.56 Å². The van der Waals surface area contributed by atoms with Crippen molar-refractivity contribution in [1.29, 1.82) is 0 Å². The number of hydrogen-bond acceptors (Lipinski definition) is 5. The van der Waals surface area contributed by atoms with Crippen molar-refractivity contribution in [3.63, 3.8) is 0 Å². The first-order valence-electron chi connectivity index (χ1n) is 8.09. The number of anilines is 1. The Morgan fingerprint density at radius 1 is 1.08 bits per heavy atom. The van der Waals surface area contributed by atoms with E-state index in [1.54, 1.807) is 18.3 Å².